The molecular formula is C11H14N2OS. The van der Waals surface area contributed by atoms with E-state index in [2.05, 4.69) is 9.97 Å². The lowest BCUT2D eigenvalue weighted by Crippen LogP contribution is -2.15. The summed E-state index contributed by atoms with van der Waals surface area (Å²) in [4.78, 5) is 19.7. The summed E-state index contributed by atoms with van der Waals surface area (Å²) in [5, 5.41) is 0. The van der Waals surface area contributed by atoms with Crippen molar-refractivity contribution in [3.63, 3.8) is 0 Å². The summed E-state index contributed by atoms with van der Waals surface area (Å²) in [7, 11) is 0. The third kappa shape index (κ3) is 3.02. The van der Waals surface area contributed by atoms with E-state index in [-0.39, 0.29) is 5.78 Å². The van der Waals surface area contributed by atoms with Gasteiger partial charge in [-0.25, -0.2) is 4.98 Å². The Balaban J connectivity index is 1.91. The van der Waals surface area contributed by atoms with Crippen LogP contribution in [0.5, 0.6) is 0 Å². The second-order valence-electron chi connectivity index (χ2n) is 3.77. The number of carbonyl (C=O) groups excluding carboxylic acids is 1. The van der Waals surface area contributed by atoms with Gasteiger partial charge in [0.25, 0.3) is 0 Å². The molecular weight excluding hydrogens is 208 g/mol. The summed E-state index contributed by atoms with van der Waals surface area (Å²) >= 11 is 1.98. The predicted octanol–water partition coefficient (Wildman–Crippen LogP) is 2.19. The van der Waals surface area contributed by atoms with Crippen molar-refractivity contribution >= 4 is 17.5 Å². The SMILES string of the molecule is O=C(CC1CCSCC1)c1cnccn1. The van der Waals surface area contributed by atoms with E-state index in [0.29, 0.717) is 18.0 Å². The van der Waals surface area contributed by atoms with Crippen LogP contribution in [-0.4, -0.2) is 27.3 Å². The Hall–Kier alpha value is -0.900. The topological polar surface area (TPSA) is 42.9 Å². The zero-order valence-electron chi connectivity index (χ0n) is 8.56. The lowest BCUT2D eigenvalue weighted by molar-refractivity contribution is 0.0953. The molecule has 4 heteroatoms. The van der Waals surface area contributed by atoms with Gasteiger partial charge in [-0.1, -0.05) is 0 Å². The van der Waals surface area contributed by atoms with E-state index in [1.54, 1.807) is 18.6 Å². The minimum absolute atomic E-state index is 0.139. The Labute approximate surface area is 93.7 Å². The van der Waals surface area contributed by atoms with Crippen LogP contribution in [0.2, 0.25) is 0 Å². The van der Waals surface area contributed by atoms with Gasteiger partial charge in [-0.05, 0) is 30.3 Å². The molecule has 0 aliphatic carbocycles. The van der Waals surface area contributed by atoms with Gasteiger partial charge in [0.2, 0.25) is 0 Å². The fourth-order valence-corrected chi connectivity index (χ4v) is 2.96. The maximum absolute atomic E-state index is 11.8. The second-order valence-corrected chi connectivity index (χ2v) is 5.00. The summed E-state index contributed by atoms with van der Waals surface area (Å²) < 4.78 is 0. The molecule has 0 atom stereocenters. The van der Waals surface area contributed by atoms with Crippen LogP contribution in [0.25, 0.3) is 0 Å². The Morgan fingerprint density at radius 1 is 1.40 bits per heavy atom. The van der Waals surface area contributed by atoms with E-state index in [1.165, 1.54) is 11.5 Å². The normalized spacial score (nSPS) is 17.6. The summed E-state index contributed by atoms with van der Waals surface area (Å²) in [6, 6.07) is 0. The van der Waals surface area contributed by atoms with Gasteiger partial charge in [-0.15, -0.1) is 0 Å². The summed E-state index contributed by atoms with van der Waals surface area (Å²) in [5.41, 5.74) is 0.510. The van der Waals surface area contributed by atoms with Crippen molar-refractivity contribution in [1.82, 2.24) is 9.97 Å². The van der Waals surface area contributed by atoms with Crippen LogP contribution in [0.3, 0.4) is 0 Å². The largest absolute Gasteiger partial charge is 0.292 e. The molecule has 0 bridgehead atoms. The van der Waals surface area contributed by atoms with Gasteiger partial charge in [0, 0.05) is 18.8 Å². The first-order valence-electron chi connectivity index (χ1n) is 5.23. The molecule has 0 radical (unpaired) electrons. The molecule has 1 aliphatic rings. The van der Waals surface area contributed by atoms with Crippen molar-refractivity contribution in [2.45, 2.75) is 19.3 Å². The van der Waals surface area contributed by atoms with Crippen LogP contribution in [0, 0.1) is 5.92 Å². The summed E-state index contributed by atoms with van der Waals surface area (Å²) in [5.74, 6) is 3.08. The number of hydrogen-bond donors (Lipinski definition) is 0. The average Bonchev–Trinajstić information content (AvgIpc) is 2.31. The molecule has 0 amide bonds. The highest BCUT2D eigenvalue weighted by Crippen LogP contribution is 2.26. The van der Waals surface area contributed by atoms with Gasteiger partial charge < -0.3 is 0 Å². The molecule has 0 saturated carbocycles. The molecule has 1 aliphatic heterocycles. The number of thioether (sulfide) groups is 1. The third-order valence-corrected chi connectivity index (χ3v) is 3.71. The first-order valence-corrected chi connectivity index (χ1v) is 6.38. The number of carbonyl (C=O) groups is 1. The number of Topliss-reactive ketones (excluding diaryl/α,β-unsaturated/α-hetero) is 1. The van der Waals surface area contributed by atoms with Gasteiger partial charge in [0.1, 0.15) is 5.69 Å². The van der Waals surface area contributed by atoms with E-state index in [0.717, 1.165) is 12.8 Å². The smallest absolute Gasteiger partial charge is 0.183 e. The van der Waals surface area contributed by atoms with E-state index < -0.39 is 0 Å². The molecule has 2 heterocycles. The van der Waals surface area contributed by atoms with Gasteiger partial charge >= 0.3 is 0 Å². The summed E-state index contributed by atoms with van der Waals surface area (Å²) in [6.07, 6.45) is 7.69. The van der Waals surface area contributed by atoms with Crippen molar-refractivity contribution in [3.8, 4) is 0 Å². The van der Waals surface area contributed by atoms with E-state index in [9.17, 15) is 4.79 Å². The quantitative estimate of drug-likeness (QED) is 0.735. The molecule has 0 aromatic carbocycles. The highest BCUT2D eigenvalue weighted by molar-refractivity contribution is 7.99. The van der Waals surface area contributed by atoms with Crippen molar-refractivity contribution in [2.75, 3.05) is 11.5 Å². The van der Waals surface area contributed by atoms with Crippen LogP contribution in [0.1, 0.15) is 29.8 Å². The molecule has 1 aromatic rings. The number of hydrogen-bond acceptors (Lipinski definition) is 4. The number of aromatic nitrogens is 2. The number of rotatable bonds is 3. The Morgan fingerprint density at radius 3 is 2.87 bits per heavy atom. The molecule has 0 spiro atoms. The molecule has 80 valence electrons. The Morgan fingerprint density at radius 2 is 2.20 bits per heavy atom. The van der Waals surface area contributed by atoms with Crippen LogP contribution >= 0.6 is 11.8 Å². The molecule has 0 unspecified atom stereocenters. The standard InChI is InChI=1S/C11H14N2OS/c14-11(10-8-12-3-4-13-10)7-9-1-5-15-6-2-9/h3-4,8-9H,1-2,5-7H2. The average molecular weight is 222 g/mol. The molecule has 0 N–H and O–H groups in total. The van der Waals surface area contributed by atoms with Crippen LogP contribution in [-0.2, 0) is 0 Å². The zero-order valence-corrected chi connectivity index (χ0v) is 9.37. The minimum Gasteiger partial charge on any atom is -0.292 e. The highest BCUT2D eigenvalue weighted by Gasteiger charge is 2.18. The molecule has 2 rings (SSSR count). The van der Waals surface area contributed by atoms with E-state index in [4.69, 9.17) is 0 Å². The number of nitrogens with zero attached hydrogens (tertiary/aromatic N) is 2. The minimum atomic E-state index is 0.139. The first-order chi connectivity index (χ1) is 7.36. The molecule has 1 saturated heterocycles. The summed E-state index contributed by atoms with van der Waals surface area (Å²) in [6.45, 7) is 0. The lowest BCUT2D eigenvalue weighted by atomic mass is 9.95. The second kappa shape index (κ2) is 5.26. The van der Waals surface area contributed by atoms with Gasteiger partial charge in [-0.2, -0.15) is 11.8 Å². The molecule has 3 nitrogen and oxygen atoms in total. The van der Waals surface area contributed by atoms with Crippen LogP contribution in [0.4, 0.5) is 0 Å². The van der Waals surface area contributed by atoms with E-state index >= 15 is 0 Å². The van der Waals surface area contributed by atoms with Crippen LogP contribution < -0.4 is 0 Å². The highest BCUT2D eigenvalue weighted by atomic mass is 32.2. The van der Waals surface area contributed by atoms with Gasteiger partial charge in [0.15, 0.2) is 5.78 Å². The first kappa shape index (κ1) is 10.6. The lowest BCUT2D eigenvalue weighted by Gasteiger charge is -2.20. The zero-order chi connectivity index (χ0) is 10.5. The maximum Gasteiger partial charge on any atom is 0.183 e. The number of ketones is 1. The van der Waals surface area contributed by atoms with Gasteiger partial charge in [0.05, 0.1) is 6.20 Å². The predicted molar refractivity (Wildman–Crippen MR) is 61.0 cm³/mol. The van der Waals surface area contributed by atoms with Crippen molar-refractivity contribution < 1.29 is 4.79 Å². The van der Waals surface area contributed by atoms with Crippen molar-refractivity contribution in [3.05, 3.63) is 24.3 Å². The fraction of sp³-hybridized carbons (Fsp3) is 0.545. The van der Waals surface area contributed by atoms with Crippen molar-refractivity contribution in [2.24, 2.45) is 5.92 Å². The monoisotopic (exact) mass is 222 g/mol. The van der Waals surface area contributed by atoms with Crippen molar-refractivity contribution in [1.29, 1.82) is 0 Å². The Kier molecular flexibility index (Phi) is 3.72. The Bertz CT molecular complexity index is 323. The van der Waals surface area contributed by atoms with E-state index in [1.807, 2.05) is 11.8 Å². The molecule has 15 heavy (non-hydrogen) atoms. The third-order valence-electron chi connectivity index (χ3n) is 2.66. The van der Waals surface area contributed by atoms with Crippen LogP contribution in [0.15, 0.2) is 18.6 Å². The molecule has 1 aromatic heterocycles. The maximum atomic E-state index is 11.8. The molecule has 1 fully saturated rings. The fourth-order valence-electron chi connectivity index (χ4n) is 1.76. The van der Waals surface area contributed by atoms with Gasteiger partial charge in [-0.3, -0.25) is 9.78 Å².